The van der Waals surface area contributed by atoms with Gasteiger partial charge < -0.3 is 5.32 Å². The van der Waals surface area contributed by atoms with Gasteiger partial charge in [-0.25, -0.2) is 0 Å². The van der Waals surface area contributed by atoms with Crippen molar-refractivity contribution in [3.05, 3.63) is 70.9 Å². The second-order valence-corrected chi connectivity index (χ2v) is 10.9. The molecule has 0 saturated heterocycles. The van der Waals surface area contributed by atoms with Crippen molar-refractivity contribution in [1.82, 2.24) is 15.1 Å². The van der Waals surface area contributed by atoms with Crippen LogP contribution in [0.15, 0.2) is 48.5 Å². The summed E-state index contributed by atoms with van der Waals surface area (Å²) < 4.78 is 1.74. The number of nitrogens with one attached hydrogen (secondary N) is 1. The number of fused-ring (bicyclic) bond motifs is 1. The lowest BCUT2D eigenvalue weighted by atomic mass is 9.91. The molecule has 2 aliphatic rings. The minimum atomic E-state index is -1.11. The van der Waals surface area contributed by atoms with Gasteiger partial charge in [0.05, 0.1) is 12.2 Å². The fraction of sp³-hybridized carbons (Fsp3) is 0.452. The molecule has 6 nitrogen and oxygen atoms in total. The summed E-state index contributed by atoms with van der Waals surface area (Å²) in [4.78, 5) is 29.9. The van der Waals surface area contributed by atoms with Gasteiger partial charge in [0.25, 0.3) is 5.91 Å². The van der Waals surface area contributed by atoms with Crippen LogP contribution in [0.1, 0.15) is 79.6 Å². The minimum absolute atomic E-state index is 0.108. The fourth-order valence-electron chi connectivity index (χ4n) is 5.75. The summed E-state index contributed by atoms with van der Waals surface area (Å²) in [7, 11) is 0. The molecule has 1 aliphatic carbocycles. The largest absolute Gasteiger partial charge is 0.351 e. The molecule has 5 rings (SSSR count). The Kier molecular flexibility index (Phi) is 6.93. The van der Waals surface area contributed by atoms with Crippen LogP contribution in [-0.4, -0.2) is 33.2 Å². The fourth-order valence-corrected chi connectivity index (χ4v) is 5.75. The van der Waals surface area contributed by atoms with Crippen LogP contribution in [0.2, 0.25) is 0 Å². The summed E-state index contributed by atoms with van der Waals surface area (Å²) in [5.74, 6) is -0.300. The molecule has 1 unspecified atom stereocenters. The maximum absolute atomic E-state index is 14.2. The lowest BCUT2D eigenvalue weighted by Gasteiger charge is -2.44. The average molecular weight is 499 g/mol. The van der Waals surface area contributed by atoms with Gasteiger partial charge in [-0.15, -0.1) is 0 Å². The number of anilines is 1. The van der Waals surface area contributed by atoms with Crippen LogP contribution >= 0.6 is 0 Å². The zero-order chi connectivity index (χ0) is 26.2. The Morgan fingerprint density at radius 3 is 2.43 bits per heavy atom. The van der Waals surface area contributed by atoms with Gasteiger partial charge in [0, 0.05) is 17.3 Å². The van der Waals surface area contributed by atoms with E-state index in [1.54, 1.807) is 9.58 Å². The van der Waals surface area contributed by atoms with Gasteiger partial charge in [-0.3, -0.25) is 19.2 Å². The molecule has 37 heavy (non-hydrogen) atoms. The van der Waals surface area contributed by atoms with Gasteiger partial charge >= 0.3 is 0 Å². The summed E-state index contributed by atoms with van der Waals surface area (Å²) in [6.45, 7) is 8.38. The maximum atomic E-state index is 14.2. The molecular weight excluding hydrogens is 460 g/mol. The Labute approximate surface area is 220 Å². The first-order valence-corrected chi connectivity index (χ1v) is 13.7. The average Bonchev–Trinajstić information content (AvgIpc) is 3.15. The molecule has 2 amide bonds. The number of aryl methyl sites for hydroxylation is 2. The van der Waals surface area contributed by atoms with Gasteiger partial charge in [0.15, 0.2) is 0 Å². The normalized spacial score (nSPS) is 20.4. The van der Waals surface area contributed by atoms with Crippen LogP contribution in [0.3, 0.4) is 0 Å². The van der Waals surface area contributed by atoms with Crippen molar-refractivity contribution >= 4 is 17.5 Å². The smallest absolute Gasteiger partial charge is 0.277 e. The number of benzene rings is 2. The van der Waals surface area contributed by atoms with Crippen molar-refractivity contribution in [3.8, 4) is 11.3 Å². The van der Waals surface area contributed by atoms with Crippen LogP contribution in [-0.2, 0) is 17.8 Å². The highest BCUT2D eigenvalue weighted by molar-refractivity contribution is 6.12. The van der Waals surface area contributed by atoms with Gasteiger partial charge in [-0.1, -0.05) is 69.0 Å². The van der Waals surface area contributed by atoms with Crippen molar-refractivity contribution in [1.29, 1.82) is 0 Å². The molecule has 2 aromatic carbocycles. The second kappa shape index (κ2) is 10.2. The maximum Gasteiger partial charge on any atom is 0.277 e. The molecule has 1 atom stereocenters. The Morgan fingerprint density at radius 2 is 1.76 bits per heavy atom. The molecule has 1 N–H and O–H groups in total. The van der Waals surface area contributed by atoms with E-state index in [0.29, 0.717) is 12.2 Å². The van der Waals surface area contributed by atoms with Gasteiger partial charge in [-0.05, 0) is 68.9 Å². The zero-order valence-corrected chi connectivity index (χ0v) is 22.5. The van der Waals surface area contributed by atoms with Crippen molar-refractivity contribution in [2.45, 2.75) is 90.8 Å². The predicted molar refractivity (Wildman–Crippen MR) is 148 cm³/mol. The van der Waals surface area contributed by atoms with Crippen LogP contribution < -0.4 is 10.2 Å². The topological polar surface area (TPSA) is 67.2 Å². The molecule has 6 heteroatoms. The lowest BCUT2D eigenvalue weighted by molar-refractivity contribution is -0.127. The van der Waals surface area contributed by atoms with E-state index in [2.05, 4.69) is 36.5 Å². The standard InChI is InChI=1S/C31H38N4O2/c1-5-23-15-17-24(18-16-23)26-19-28-29(36)35(27-14-10-11-21(2)22(27)3)31(4,20-34(28)33-26)30(37)32-25-12-8-6-7-9-13-25/h10-11,14-19,25H,5-9,12-13,20H2,1-4H3,(H,32,37). The third-order valence-corrected chi connectivity index (χ3v) is 8.31. The van der Waals surface area contributed by atoms with Gasteiger partial charge in [-0.2, -0.15) is 5.10 Å². The number of hydrogen-bond acceptors (Lipinski definition) is 3. The number of amides is 2. The molecule has 3 aromatic rings. The van der Waals surface area contributed by atoms with E-state index in [0.717, 1.165) is 60.2 Å². The van der Waals surface area contributed by atoms with Crippen LogP contribution in [0.4, 0.5) is 5.69 Å². The zero-order valence-electron chi connectivity index (χ0n) is 22.5. The van der Waals surface area contributed by atoms with Crippen LogP contribution in [0.25, 0.3) is 11.3 Å². The molecule has 1 aliphatic heterocycles. The van der Waals surface area contributed by atoms with Crippen LogP contribution in [0, 0.1) is 13.8 Å². The molecule has 0 radical (unpaired) electrons. The Morgan fingerprint density at radius 1 is 1.05 bits per heavy atom. The SMILES string of the molecule is CCc1ccc(-c2cc3n(n2)CC(C)(C(=O)NC2CCCCCC2)N(c2cccc(C)c2C)C3=O)cc1. The summed E-state index contributed by atoms with van der Waals surface area (Å²) in [5, 5.41) is 8.16. The lowest BCUT2D eigenvalue weighted by Crippen LogP contribution is -2.65. The predicted octanol–water partition coefficient (Wildman–Crippen LogP) is 5.99. The van der Waals surface area contributed by atoms with Crippen molar-refractivity contribution < 1.29 is 9.59 Å². The van der Waals surface area contributed by atoms with Gasteiger partial charge in [0.2, 0.25) is 5.91 Å². The first kappa shape index (κ1) is 25.2. The highest BCUT2D eigenvalue weighted by Crippen LogP contribution is 2.37. The van der Waals surface area contributed by atoms with Crippen molar-refractivity contribution in [2.75, 3.05) is 4.90 Å². The highest BCUT2D eigenvalue weighted by Gasteiger charge is 2.49. The summed E-state index contributed by atoms with van der Waals surface area (Å²) in [6, 6.07) is 16.3. The molecule has 0 bridgehead atoms. The van der Waals surface area contributed by atoms with E-state index in [1.165, 1.54) is 18.4 Å². The highest BCUT2D eigenvalue weighted by atomic mass is 16.2. The first-order chi connectivity index (χ1) is 17.8. The number of carbonyl (C=O) groups excluding carboxylic acids is 2. The van der Waals surface area contributed by atoms with Gasteiger partial charge in [0.1, 0.15) is 11.2 Å². The van der Waals surface area contributed by atoms with E-state index in [1.807, 2.05) is 45.0 Å². The monoisotopic (exact) mass is 498 g/mol. The molecule has 0 spiro atoms. The summed E-state index contributed by atoms with van der Waals surface area (Å²) in [5.41, 5.74) is 5.26. The Hall–Kier alpha value is -3.41. The van der Waals surface area contributed by atoms with E-state index in [-0.39, 0.29) is 17.9 Å². The van der Waals surface area contributed by atoms with Crippen LogP contribution in [0.5, 0.6) is 0 Å². The van der Waals surface area contributed by atoms with E-state index >= 15 is 0 Å². The molecular formula is C31H38N4O2. The quantitative estimate of drug-likeness (QED) is 0.440. The van der Waals surface area contributed by atoms with E-state index in [9.17, 15) is 9.59 Å². The first-order valence-electron chi connectivity index (χ1n) is 13.7. The summed E-state index contributed by atoms with van der Waals surface area (Å²) in [6.07, 6.45) is 7.65. The van der Waals surface area contributed by atoms with E-state index in [4.69, 9.17) is 5.10 Å². The van der Waals surface area contributed by atoms with Crippen molar-refractivity contribution in [3.63, 3.8) is 0 Å². The molecule has 1 aromatic heterocycles. The molecule has 194 valence electrons. The van der Waals surface area contributed by atoms with E-state index < -0.39 is 5.54 Å². The third kappa shape index (κ3) is 4.70. The number of hydrogen-bond donors (Lipinski definition) is 1. The second-order valence-electron chi connectivity index (χ2n) is 10.9. The number of nitrogens with zero attached hydrogens (tertiary/aromatic N) is 3. The summed E-state index contributed by atoms with van der Waals surface area (Å²) >= 11 is 0. The Balaban J connectivity index is 1.56. The molecule has 1 fully saturated rings. The number of rotatable bonds is 5. The van der Waals surface area contributed by atoms with Crippen molar-refractivity contribution in [2.24, 2.45) is 0 Å². The molecule has 2 heterocycles. The number of carbonyl (C=O) groups is 2. The minimum Gasteiger partial charge on any atom is -0.351 e. The molecule has 1 saturated carbocycles. The third-order valence-electron chi connectivity index (χ3n) is 8.31. The number of aromatic nitrogens is 2. The Bertz CT molecular complexity index is 1300.